The molecule has 2 aromatic carbocycles. The molecule has 1 aliphatic rings. The summed E-state index contributed by atoms with van der Waals surface area (Å²) >= 11 is 0. The second-order valence-electron chi connectivity index (χ2n) is 8.18. The average Bonchev–Trinajstić information content (AvgIpc) is 3.02. The monoisotopic (exact) mass is 465 g/mol. The van der Waals surface area contributed by atoms with Gasteiger partial charge in [-0.2, -0.15) is 0 Å². The molecule has 0 amide bonds. The van der Waals surface area contributed by atoms with Gasteiger partial charge in [0.25, 0.3) is 6.43 Å². The van der Waals surface area contributed by atoms with Crippen molar-refractivity contribution in [2.24, 2.45) is 0 Å². The fraction of sp³-hybridized carbons (Fsp3) is 0.348. The van der Waals surface area contributed by atoms with Gasteiger partial charge < -0.3 is 9.67 Å². The van der Waals surface area contributed by atoms with Crippen LogP contribution in [-0.2, 0) is 21.1 Å². The second-order valence-corrected chi connectivity index (χ2v) is 10.2. The minimum absolute atomic E-state index is 0.00495. The van der Waals surface area contributed by atoms with Crippen LogP contribution in [-0.4, -0.2) is 36.7 Å². The smallest absolute Gasteiger partial charge is 0.304 e. The molecule has 0 unspecified atom stereocenters. The van der Waals surface area contributed by atoms with Gasteiger partial charge in [0.15, 0.2) is 9.84 Å². The molecule has 0 spiro atoms. The Morgan fingerprint density at radius 1 is 1.22 bits per heavy atom. The van der Waals surface area contributed by atoms with Crippen LogP contribution in [0.2, 0.25) is 0 Å². The fourth-order valence-corrected chi connectivity index (χ4v) is 5.75. The van der Waals surface area contributed by atoms with Crippen LogP contribution < -0.4 is 0 Å². The summed E-state index contributed by atoms with van der Waals surface area (Å²) in [5, 5.41) is 9.68. The highest BCUT2D eigenvalue weighted by Crippen LogP contribution is 2.46. The van der Waals surface area contributed by atoms with Gasteiger partial charge in [-0.25, -0.2) is 21.6 Å². The lowest BCUT2D eigenvalue weighted by Crippen LogP contribution is -2.25. The third-order valence-corrected chi connectivity index (χ3v) is 7.13. The van der Waals surface area contributed by atoms with Gasteiger partial charge in [0.05, 0.1) is 16.8 Å². The molecule has 0 radical (unpaired) electrons. The topological polar surface area (TPSA) is 76.4 Å². The van der Waals surface area contributed by atoms with Crippen LogP contribution in [0.5, 0.6) is 0 Å². The van der Waals surface area contributed by atoms with Gasteiger partial charge in [-0.1, -0.05) is 30.3 Å². The van der Waals surface area contributed by atoms with Gasteiger partial charge in [-0.3, -0.25) is 4.79 Å². The highest BCUT2D eigenvalue weighted by atomic mass is 32.2. The minimum Gasteiger partial charge on any atom is -0.481 e. The number of benzene rings is 2. The first-order chi connectivity index (χ1) is 15.1. The Hall–Kier alpha value is -2.81. The van der Waals surface area contributed by atoms with E-state index >= 15 is 0 Å². The first-order valence-corrected chi connectivity index (χ1v) is 12.1. The number of halogens is 3. The van der Waals surface area contributed by atoms with Crippen LogP contribution in [0.1, 0.15) is 48.0 Å². The van der Waals surface area contributed by atoms with E-state index in [1.165, 1.54) is 16.7 Å². The predicted molar refractivity (Wildman–Crippen MR) is 114 cm³/mol. The van der Waals surface area contributed by atoms with Crippen LogP contribution in [0.4, 0.5) is 13.2 Å². The number of rotatable bonds is 6. The van der Waals surface area contributed by atoms with Gasteiger partial charge in [0.2, 0.25) is 0 Å². The maximum atomic E-state index is 14.6. The van der Waals surface area contributed by atoms with Crippen molar-refractivity contribution in [3.63, 3.8) is 0 Å². The first-order valence-electron chi connectivity index (χ1n) is 10.2. The van der Waals surface area contributed by atoms with E-state index in [1.807, 2.05) is 0 Å². The number of carboxylic acids is 1. The lowest BCUT2D eigenvalue weighted by molar-refractivity contribution is -0.137. The number of fused-ring (bicyclic) bond motifs is 3. The predicted octanol–water partition coefficient (Wildman–Crippen LogP) is 4.93. The number of carbonyl (C=O) groups is 1. The normalized spacial score (nSPS) is 17.5. The zero-order valence-corrected chi connectivity index (χ0v) is 18.1. The molecule has 3 aromatic rings. The number of carboxylic acid groups (broad SMARTS) is 1. The van der Waals surface area contributed by atoms with E-state index in [2.05, 4.69) is 0 Å². The van der Waals surface area contributed by atoms with Crippen LogP contribution in [0.25, 0.3) is 10.9 Å². The fourth-order valence-electron chi connectivity index (χ4n) is 4.86. The van der Waals surface area contributed by atoms with Gasteiger partial charge in [0, 0.05) is 23.3 Å². The molecule has 5 nitrogen and oxygen atoms in total. The molecule has 2 atom stereocenters. The third kappa shape index (κ3) is 3.90. The summed E-state index contributed by atoms with van der Waals surface area (Å²) in [5.74, 6) is -2.46. The lowest BCUT2D eigenvalue weighted by Gasteiger charge is -2.29. The van der Waals surface area contributed by atoms with Gasteiger partial charge in [0.1, 0.15) is 11.9 Å². The van der Waals surface area contributed by atoms with Crippen LogP contribution in [0.3, 0.4) is 0 Å². The largest absolute Gasteiger partial charge is 0.481 e. The highest BCUT2D eigenvalue weighted by Gasteiger charge is 2.37. The zero-order chi connectivity index (χ0) is 23.2. The molecule has 32 heavy (non-hydrogen) atoms. The molecule has 1 aromatic heterocycles. The van der Waals surface area contributed by atoms with Crippen molar-refractivity contribution in [1.82, 2.24) is 4.57 Å². The summed E-state index contributed by atoms with van der Waals surface area (Å²) < 4.78 is 70.1. The van der Waals surface area contributed by atoms with Crippen LogP contribution >= 0.6 is 0 Å². The number of aryl methyl sites for hydroxylation is 1. The minimum atomic E-state index is -3.98. The standard InChI is InChI=1S/C23H22F3NO4S/c1-32(30,31)18-12-15(24)11-17-16-9-5-8-14(10-19(28)29)20(16)27(22(17)18)21(23(25)26)13-6-3-2-4-7-13/h2-4,6-7,11-12,14,21,23H,5,8-10H2,1H3,(H,28,29)/t14-,21-/m1/s1. The van der Waals surface area contributed by atoms with Crippen LogP contribution in [0.15, 0.2) is 47.4 Å². The number of hydrogen-bond donors (Lipinski definition) is 1. The van der Waals surface area contributed by atoms with Crippen molar-refractivity contribution in [3.8, 4) is 0 Å². The molecular formula is C23H22F3NO4S. The summed E-state index contributed by atoms with van der Waals surface area (Å²) in [7, 11) is -3.98. The molecule has 1 N–H and O–H groups in total. The van der Waals surface area contributed by atoms with Gasteiger partial charge in [-0.05, 0) is 42.5 Å². The number of aromatic nitrogens is 1. The van der Waals surface area contributed by atoms with Crippen molar-refractivity contribution in [3.05, 3.63) is 65.1 Å². The zero-order valence-electron chi connectivity index (χ0n) is 17.3. The molecule has 0 saturated carbocycles. The van der Waals surface area contributed by atoms with E-state index in [0.29, 0.717) is 30.5 Å². The van der Waals surface area contributed by atoms with Crippen molar-refractivity contribution in [1.29, 1.82) is 0 Å². The first kappa shape index (κ1) is 22.4. The Morgan fingerprint density at radius 3 is 2.50 bits per heavy atom. The Kier molecular flexibility index (Phi) is 5.79. The SMILES string of the molecule is CS(=O)(=O)c1cc(F)cc2c3c(n([C@H](c4ccccc4)C(F)F)c12)[C@@H](CC(=O)O)CCC3. The van der Waals surface area contributed by atoms with Crippen molar-refractivity contribution >= 4 is 26.7 Å². The molecule has 1 aliphatic carbocycles. The summed E-state index contributed by atoms with van der Waals surface area (Å²) in [5.41, 5.74) is 1.16. The maximum absolute atomic E-state index is 14.6. The lowest BCUT2D eigenvalue weighted by atomic mass is 9.84. The molecule has 170 valence electrons. The van der Waals surface area contributed by atoms with E-state index in [-0.39, 0.29) is 27.8 Å². The average molecular weight is 465 g/mol. The Morgan fingerprint density at radius 2 is 1.91 bits per heavy atom. The Balaban J connectivity index is 2.18. The number of hydrogen-bond acceptors (Lipinski definition) is 3. The van der Waals surface area contributed by atoms with Gasteiger partial charge in [-0.15, -0.1) is 0 Å². The highest BCUT2D eigenvalue weighted by molar-refractivity contribution is 7.91. The van der Waals surface area contributed by atoms with Crippen molar-refractivity contribution < 1.29 is 31.5 Å². The third-order valence-electron chi connectivity index (χ3n) is 6.02. The Labute approximate surface area is 183 Å². The molecule has 0 fully saturated rings. The summed E-state index contributed by atoms with van der Waals surface area (Å²) in [4.78, 5) is 11.2. The number of nitrogens with zero attached hydrogens (tertiary/aromatic N) is 1. The van der Waals surface area contributed by atoms with E-state index in [0.717, 1.165) is 18.4 Å². The molecule has 9 heteroatoms. The Bertz CT molecular complexity index is 1290. The number of alkyl halides is 2. The molecule has 0 saturated heterocycles. The van der Waals surface area contributed by atoms with Crippen molar-refractivity contribution in [2.75, 3.05) is 6.26 Å². The summed E-state index contributed by atoms with van der Waals surface area (Å²) in [6.45, 7) is 0. The number of aliphatic carboxylic acids is 1. The molecular weight excluding hydrogens is 443 g/mol. The molecule has 1 heterocycles. The van der Waals surface area contributed by atoms with E-state index in [9.17, 15) is 31.5 Å². The van der Waals surface area contributed by atoms with Crippen LogP contribution in [0, 0.1) is 5.82 Å². The maximum Gasteiger partial charge on any atom is 0.304 e. The number of sulfone groups is 1. The molecule has 4 rings (SSSR count). The summed E-state index contributed by atoms with van der Waals surface area (Å²) in [6, 6.07) is 8.39. The van der Waals surface area contributed by atoms with Gasteiger partial charge >= 0.3 is 5.97 Å². The van der Waals surface area contributed by atoms with E-state index in [4.69, 9.17) is 0 Å². The second kappa shape index (κ2) is 8.27. The van der Waals surface area contributed by atoms with E-state index < -0.39 is 40.0 Å². The van der Waals surface area contributed by atoms with Crippen molar-refractivity contribution in [2.45, 2.75) is 49.0 Å². The van der Waals surface area contributed by atoms with E-state index in [1.54, 1.807) is 18.2 Å². The summed E-state index contributed by atoms with van der Waals surface area (Å²) in [6.07, 6.45) is -0.818. The molecule has 0 aliphatic heterocycles. The quantitative estimate of drug-likeness (QED) is 0.560. The molecule has 0 bridgehead atoms.